The van der Waals surface area contributed by atoms with Gasteiger partial charge in [0.25, 0.3) is 15.9 Å². The van der Waals surface area contributed by atoms with Crippen LogP contribution in [0.2, 0.25) is 0 Å². The average molecular weight is 513 g/mol. The van der Waals surface area contributed by atoms with Crippen LogP contribution in [0.4, 0.5) is 5.69 Å². The van der Waals surface area contributed by atoms with Crippen molar-refractivity contribution < 1.29 is 17.9 Å². The van der Waals surface area contributed by atoms with Gasteiger partial charge in [-0.1, -0.05) is 26.0 Å². The first-order valence-corrected chi connectivity index (χ1v) is 14.0. The Balaban J connectivity index is 1.76. The summed E-state index contributed by atoms with van der Waals surface area (Å²) in [5, 5.41) is 3.12. The lowest BCUT2D eigenvalue weighted by Crippen LogP contribution is -2.30. The van der Waals surface area contributed by atoms with Crippen molar-refractivity contribution in [2.45, 2.75) is 36.1 Å². The Bertz CT molecular complexity index is 1220. The highest BCUT2D eigenvalue weighted by atomic mass is 32.2. The summed E-state index contributed by atoms with van der Waals surface area (Å²) in [5.41, 5.74) is 1.94. The number of rotatable bonds is 10. The number of nitrogens with one attached hydrogen (secondary N) is 1. The number of hydrogen-bond donors (Lipinski definition) is 1. The lowest BCUT2D eigenvalue weighted by molar-refractivity contribution is 0.0932. The summed E-state index contributed by atoms with van der Waals surface area (Å²) in [4.78, 5) is 14.2. The molecule has 0 saturated carbocycles. The summed E-state index contributed by atoms with van der Waals surface area (Å²) in [5.74, 6) is 0.933. The van der Waals surface area contributed by atoms with Crippen molar-refractivity contribution in [1.82, 2.24) is 5.32 Å². The maximum absolute atomic E-state index is 13.0. The normalized spacial score (nSPS) is 12.3. The molecule has 3 rings (SSSR count). The Labute approximate surface area is 212 Å². The van der Waals surface area contributed by atoms with Gasteiger partial charge in [0.1, 0.15) is 5.75 Å². The van der Waals surface area contributed by atoms with Crippen molar-refractivity contribution in [3.63, 3.8) is 0 Å². The van der Waals surface area contributed by atoms with Crippen LogP contribution in [-0.4, -0.2) is 34.7 Å². The predicted molar refractivity (Wildman–Crippen MR) is 143 cm³/mol. The number of nitrogens with zero attached hydrogens (tertiary/aromatic N) is 1. The minimum Gasteiger partial charge on any atom is -0.497 e. The molecule has 0 bridgehead atoms. The number of ether oxygens (including phenoxy) is 1. The monoisotopic (exact) mass is 512 g/mol. The SMILES string of the molecule is COc1ccc(C(CC(C)C)NC(=O)c2ccc(N(C)S(=O)(=O)c3ccc(SC)cc3)cc2)cc1. The van der Waals surface area contributed by atoms with Crippen molar-refractivity contribution in [3.8, 4) is 5.75 Å². The third-order valence-electron chi connectivity index (χ3n) is 5.74. The number of amides is 1. The summed E-state index contributed by atoms with van der Waals surface area (Å²) in [6, 6.07) is 20.9. The molecular weight excluding hydrogens is 480 g/mol. The number of carbonyl (C=O) groups excluding carboxylic acids is 1. The van der Waals surface area contributed by atoms with Gasteiger partial charge in [-0.15, -0.1) is 11.8 Å². The van der Waals surface area contributed by atoms with E-state index < -0.39 is 10.0 Å². The fourth-order valence-electron chi connectivity index (χ4n) is 3.69. The third kappa shape index (κ3) is 6.58. The van der Waals surface area contributed by atoms with Gasteiger partial charge in [-0.05, 0) is 84.8 Å². The molecule has 0 aliphatic carbocycles. The topological polar surface area (TPSA) is 75.7 Å². The number of hydrogen-bond acceptors (Lipinski definition) is 5. The maximum atomic E-state index is 13.0. The maximum Gasteiger partial charge on any atom is 0.264 e. The first kappa shape index (κ1) is 26.6. The van der Waals surface area contributed by atoms with Crippen LogP contribution in [0.5, 0.6) is 5.75 Å². The Hall–Kier alpha value is -2.97. The van der Waals surface area contributed by atoms with E-state index in [1.165, 1.54) is 11.4 Å². The highest BCUT2D eigenvalue weighted by molar-refractivity contribution is 7.98. The zero-order valence-electron chi connectivity index (χ0n) is 20.7. The lowest BCUT2D eigenvalue weighted by Gasteiger charge is -2.22. The molecule has 8 heteroatoms. The van der Waals surface area contributed by atoms with Crippen LogP contribution in [-0.2, 0) is 10.0 Å². The number of methoxy groups -OCH3 is 1. The van der Waals surface area contributed by atoms with Gasteiger partial charge in [-0.3, -0.25) is 9.10 Å². The van der Waals surface area contributed by atoms with Crippen LogP contribution in [0.15, 0.2) is 82.6 Å². The van der Waals surface area contributed by atoms with E-state index in [4.69, 9.17) is 4.74 Å². The predicted octanol–water partition coefficient (Wildman–Crippen LogP) is 5.76. The second-order valence-corrected chi connectivity index (χ2v) is 11.5. The summed E-state index contributed by atoms with van der Waals surface area (Å²) in [6.45, 7) is 4.23. The molecule has 6 nitrogen and oxygen atoms in total. The van der Waals surface area contributed by atoms with Crippen LogP contribution in [0.25, 0.3) is 0 Å². The van der Waals surface area contributed by atoms with E-state index in [1.54, 1.807) is 67.4 Å². The van der Waals surface area contributed by atoms with E-state index in [1.807, 2.05) is 30.5 Å². The van der Waals surface area contributed by atoms with Crippen LogP contribution < -0.4 is 14.4 Å². The highest BCUT2D eigenvalue weighted by Gasteiger charge is 2.22. The van der Waals surface area contributed by atoms with Gasteiger partial charge in [0.05, 0.1) is 23.7 Å². The van der Waals surface area contributed by atoms with Crippen molar-refractivity contribution >= 4 is 33.4 Å². The van der Waals surface area contributed by atoms with Crippen molar-refractivity contribution in [1.29, 1.82) is 0 Å². The Morgan fingerprint density at radius 3 is 2.09 bits per heavy atom. The fourth-order valence-corrected chi connectivity index (χ4v) is 5.30. The van der Waals surface area contributed by atoms with Crippen molar-refractivity contribution in [3.05, 3.63) is 83.9 Å². The number of anilines is 1. The zero-order chi connectivity index (χ0) is 25.6. The van der Waals surface area contributed by atoms with Gasteiger partial charge in [0, 0.05) is 17.5 Å². The van der Waals surface area contributed by atoms with E-state index >= 15 is 0 Å². The lowest BCUT2D eigenvalue weighted by atomic mass is 9.96. The summed E-state index contributed by atoms with van der Waals surface area (Å²) in [6.07, 6.45) is 2.72. The molecule has 0 aliphatic rings. The largest absolute Gasteiger partial charge is 0.497 e. The molecule has 0 radical (unpaired) electrons. The van der Waals surface area contributed by atoms with Crippen molar-refractivity contribution in [2.75, 3.05) is 24.7 Å². The van der Waals surface area contributed by atoms with E-state index in [-0.39, 0.29) is 16.8 Å². The molecule has 186 valence electrons. The minimum absolute atomic E-state index is 0.152. The van der Waals surface area contributed by atoms with E-state index in [0.29, 0.717) is 17.2 Å². The van der Waals surface area contributed by atoms with Gasteiger partial charge < -0.3 is 10.1 Å². The van der Waals surface area contributed by atoms with E-state index in [2.05, 4.69) is 19.2 Å². The smallest absolute Gasteiger partial charge is 0.264 e. The van der Waals surface area contributed by atoms with Gasteiger partial charge in [0.15, 0.2) is 0 Å². The Morgan fingerprint density at radius 1 is 0.971 bits per heavy atom. The Morgan fingerprint density at radius 2 is 1.57 bits per heavy atom. The summed E-state index contributed by atoms with van der Waals surface area (Å²) < 4.78 is 32.5. The van der Waals surface area contributed by atoms with Crippen LogP contribution in [0.3, 0.4) is 0 Å². The van der Waals surface area contributed by atoms with Gasteiger partial charge in [-0.2, -0.15) is 0 Å². The van der Waals surface area contributed by atoms with E-state index in [0.717, 1.165) is 22.6 Å². The molecule has 0 aliphatic heterocycles. The summed E-state index contributed by atoms with van der Waals surface area (Å²) in [7, 11) is -0.581. The molecule has 1 atom stereocenters. The average Bonchev–Trinajstić information content (AvgIpc) is 2.87. The van der Waals surface area contributed by atoms with Crippen molar-refractivity contribution in [2.24, 2.45) is 5.92 Å². The molecule has 3 aromatic rings. The third-order valence-corrected chi connectivity index (χ3v) is 8.28. The molecule has 0 fully saturated rings. The minimum atomic E-state index is -3.71. The van der Waals surface area contributed by atoms with Crippen LogP contribution >= 0.6 is 11.8 Å². The van der Waals surface area contributed by atoms with Gasteiger partial charge in [-0.25, -0.2) is 8.42 Å². The zero-order valence-corrected chi connectivity index (χ0v) is 22.3. The first-order chi connectivity index (χ1) is 16.6. The number of carbonyl (C=O) groups is 1. The van der Waals surface area contributed by atoms with Crippen LogP contribution in [0, 0.1) is 5.92 Å². The second kappa shape index (κ2) is 11.6. The number of sulfonamides is 1. The highest BCUT2D eigenvalue weighted by Crippen LogP contribution is 2.26. The molecule has 1 unspecified atom stereocenters. The molecule has 3 aromatic carbocycles. The van der Waals surface area contributed by atoms with Gasteiger partial charge >= 0.3 is 0 Å². The van der Waals surface area contributed by atoms with E-state index in [9.17, 15) is 13.2 Å². The number of benzene rings is 3. The molecule has 0 spiro atoms. The molecule has 1 amide bonds. The molecular formula is C27H32N2O4S2. The quantitative estimate of drug-likeness (QED) is 0.350. The second-order valence-electron chi connectivity index (χ2n) is 8.62. The Kier molecular flexibility index (Phi) is 8.86. The molecule has 0 saturated heterocycles. The summed E-state index contributed by atoms with van der Waals surface area (Å²) >= 11 is 1.55. The van der Waals surface area contributed by atoms with Gasteiger partial charge in [0.2, 0.25) is 0 Å². The molecule has 35 heavy (non-hydrogen) atoms. The standard InChI is InChI=1S/C27H32N2O4S2/c1-19(2)18-26(20-8-12-23(33-4)13-9-20)28-27(30)21-6-10-22(11-7-21)29(3)35(31,32)25-16-14-24(34-5)15-17-25/h6-17,19,26H,18H2,1-5H3,(H,28,30). The molecule has 0 aromatic heterocycles. The first-order valence-electron chi connectivity index (χ1n) is 11.3. The number of thioether (sulfide) groups is 1. The van der Waals surface area contributed by atoms with Crippen LogP contribution in [0.1, 0.15) is 42.2 Å². The molecule has 1 N–H and O–H groups in total. The fraction of sp³-hybridized carbons (Fsp3) is 0.296. The molecule has 0 heterocycles.